The monoisotopic (exact) mass is 260 g/mol. The lowest BCUT2D eigenvalue weighted by Crippen LogP contribution is -2.46. The summed E-state index contributed by atoms with van der Waals surface area (Å²) >= 11 is 0. The van der Waals surface area contributed by atoms with Gasteiger partial charge in [0.1, 0.15) is 12.6 Å². The minimum atomic E-state index is -0.493. The van der Waals surface area contributed by atoms with Crippen LogP contribution < -0.4 is 5.73 Å². The Labute approximate surface area is 111 Å². The van der Waals surface area contributed by atoms with E-state index >= 15 is 0 Å². The molecule has 1 saturated heterocycles. The fourth-order valence-corrected chi connectivity index (χ4v) is 2.77. The molecule has 1 aliphatic carbocycles. The molecule has 1 heterocycles. The highest BCUT2D eigenvalue weighted by Crippen LogP contribution is 2.47. The van der Waals surface area contributed by atoms with Crippen LogP contribution in [0.15, 0.2) is 30.3 Å². The first-order valence-corrected chi connectivity index (χ1v) is 6.45. The zero-order valence-electron chi connectivity index (χ0n) is 10.5. The average Bonchev–Trinajstić information content (AvgIpc) is 3.07. The molecule has 1 saturated carbocycles. The lowest BCUT2D eigenvalue weighted by atomic mass is 10.1. The van der Waals surface area contributed by atoms with Gasteiger partial charge in [-0.15, -0.1) is 0 Å². The molecule has 0 spiro atoms. The molecule has 100 valence electrons. The van der Waals surface area contributed by atoms with Crippen molar-refractivity contribution in [2.45, 2.75) is 31.5 Å². The molecule has 2 N–H and O–H groups in total. The van der Waals surface area contributed by atoms with Gasteiger partial charge in [-0.2, -0.15) is 0 Å². The van der Waals surface area contributed by atoms with Gasteiger partial charge in [-0.3, -0.25) is 9.69 Å². The molecule has 2 amide bonds. The Morgan fingerprint density at radius 3 is 2.68 bits per heavy atom. The number of piperidine rings is 1. The molecule has 3 rings (SSSR count). The number of amides is 2. The Morgan fingerprint density at radius 1 is 1.26 bits per heavy atom. The van der Waals surface area contributed by atoms with Gasteiger partial charge in [0.05, 0.1) is 0 Å². The van der Waals surface area contributed by atoms with E-state index in [0.29, 0.717) is 12.3 Å². The summed E-state index contributed by atoms with van der Waals surface area (Å²) in [5, 5.41) is 0. The number of hydrogen-bond acceptors (Lipinski definition) is 3. The number of ether oxygens (including phenoxy) is 1. The minimum Gasteiger partial charge on any atom is -0.445 e. The quantitative estimate of drug-likeness (QED) is 0.889. The van der Waals surface area contributed by atoms with E-state index in [1.165, 1.54) is 4.90 Å². The average molecular weight is 260 g/mol. The first-order valence-electron chi connectivity index (χ1n) is 6.45. The van der Waals surface area contributed by atoms with E-state index in [0.717, 1.165) is 12.0 Å². The minimum absolute atomic E-state index is 0.153. The second-order valence-electron chi connectivity index (χ2n) is 5.16. The van der Waals surface area contributed by atoms with Crippen molar-refractivity contribution in [3.05, 3.63) is 35.9 Å². The molecule has 0 unspecified atom stereocenters. The smallest absolute Gasteiger partial charge is 0.411 e. The van der Waals surface area contributed by atoms with E-state index in [9.17, 15) is 9.59 Å². The Hall–Kier alpha value is -2.04. The maximum Gasteiger partial charge on any atom is 0.411 e. The highest BCUT2D eigenvalue weighted by atomic mass is 16.6. The number of hydrogen-bond donors (Lipinski definition) is 1. The van der Waals surface area contributed by atoms with Crippen LogP contribution in [0, 0.1) is 5.92 Å². The molecule has 19 heavy (non-hydrogen) atoms. The van der Waals surface area contributed by atoms with Crippen molar-refractivity contribution in [2.75, 3.05) is 0 Å². The molecule has 1 aromatic rings. The summed E-state index contributed by atoms with van der Waals surface area (Å²) in [6.07, 6.45) is 1.21. The Kier molecular flexibility index (Phi) is 2.89. The van der Waals surface area contributed by atoms with Crippen LogP contribution >= 0.6 is 0 Å². The number of benzene rings is 1. The maximum absolute atomic E-state index is 12.1. The standard InChI is InChI=1S/C14H16N2O3/c15-13(17)12-7-10-6-11(10)16(12)14(18)19-8-9-4-2-1-3-5-9/h1-5,10-12H,6-8H2,(H2,15,17)/t10-,11-,12+/m1/s1. The second-order valence-corrected chi connectivity index (χ2v) is 5.16. The fraction of sp³-hybridized carbons (Fsp3) is 0.429. The third-order valence-corrected chi connectivity index (χ3v) is 3.85. The zero-order chi connectivity index (χ0) is 13.4. The number of fused-ring (bicyclic) bond motifs is 1. The number of carbonyl (C=O) groups is 2. The molecule has 5 heteroatoms. The first kappa shape index (κ1) is 12.0. The molecule has 0 radical (unpaired) electrons. The van der Waals surface area contributed by atoms with E-state index in [2.05, 4.69) is 0 Å². The summed E-state index contributed by atoms with van der Waals surface area (Å²) in [7, 11) is 0. The number of rotatable bonds is 3. The van der Waals surface area contributed by atoms with Crippen LogP contribution in [0.5, 0.6) is 0 Å². The lowest BCUT2D eigenvalue weighted by Gasteiger charge is -2.24. The van der Waals surface area contributed by atoms with Crippen LogP contribution in [0.4, 0.5) is 4.79 Å². The van der Waals surface area contributed by atoms with E-state index in [-0.39, 0.29) is 12.6 Å². The highest BCUT2D eigenvalue weighted by molar-refractivity contribution is 5.85. The summed E-state index contributed by atoms with van der Waals surface area (Å²) in [6.45, 7) is 0.221. The fourth-order valence-electron chi connectivity index (χ4n) is 2.77. The Morgan fingerprint density at radius 2 is 2.00 bits per heavy atom. The highest BCUT2D eigenvalue weighted by Gasteiger charge is 2.56. The SMILES string of the molecule is NC(=O)[C@@H]1C[C@H]2C[C@H]2N1C(=O)OCc1ccccc1. The molecule has 2 fully saturated rings. The molecule has 1 aliphatic heterocycles. The Balaban J connectivity index is 1.62. The van der Waals surface area contributed by atoms with Gasteiger partial charge in [-0.05, 0) is 24.3 Å². The molecular formula is C14H16N2O3. The van der Waals surface area contributed by atoms with Crippen LogP contribution in [0.3, 0.4) is 0 Å². The number of likely N-dealkylation sites (tertiary alicyclic amines) is 1. The number of nitrogens with two attached hydrogens (primary N) is 1. The van der Waals surface area contributed by atoms with Gasteiger partial charge in [-0.1, -0.05) is 30.3 Å². The number of primary amides is 1. The number of carbonyl (C=O) groups excluding carboxylic acids is 2. The van der Waals surface area contributed by atoms with Crippen molar-refractivity contribution < 1.29 is 14.3 Å². The van der Waals surface area contributed by atoms with Crippen molar-refractivity contribution in [3.8, 4) is 0 Å². The molecule has 2 aliphatic rings. The van der Waals surface area contributed by atoms with Crippen molar-refractivity contribution in [2.24, 2.45) is 11.7 Å². The summed E-state index contributed by atoms with van der Waals surface area (Å²) in [5.41, 5.74) is 6.26. The first-order chi connectivity index (χ1) is 9.16. The van der Waals surface area contributed by atoms with Gasteiger partial charge in [0.25, 0.3) is 0 Å². The van der Waals surface area contributed by atoms with Crippen LogP contribution in [-0.4, -0.2) is 29.0 Å². The largest absolute Gasteiger partial charge is 0.445 e. The predicted molar refractivity (Wildman–Crippen MR) is 68.0 cm³/mol. The van der Waals surface area contributed by atoms with E-state index < -0.39 is 18.0 Å². The molecule has 3 atom stereocenters. The van der Waals surface area contributed by atoms with Crippen LogP contribution in [-0.2, 0) is 16.1 Å². The van der Waals surface area contributed by atoms with Gasteiger partial charge in [-0.25, -0.2) is 4.79 Å². The van der Waals surface area contributed by atoms with Crippen LogP contribution in [0.1, 0.15) is 18.4 Å². The third-order valence-electron chi connectivity index (χ3n) is 3.85. The summed E-state index contributed by atoms with van der Waals surface area (Å²) in [4.78, 5) is 24.9. The number of nitrogens with zero attached hydrogens (tertiary/aromatic N) is 1. The van der Waals surface area contributed by atoms with Crippen LogP contribution in [0.2, 0.25) is 0 Å². The second kappa shape index (κ2) is 4.57. The lowest BCUT2D eigenvalue weighted by molar-refractivity contribution is -0.122. The molecule has 0 bridgehead atoms. The normalized spacial score (nSPS) is 27.8. The topological polar surface area (TPSA) is 72.6 Å². The Bertz CT molecular complexity index is 503. The maximum atomic E-state index is 12.1. The summed E-state index contributed by atoms with van der Waals surface area (Å²) < 4.78 is 5.27. The zero-order valence-corrected chi connectivity index (χ0v) is 10.5. The van der Waals surface area contributed by atoms with Gasteiger partial charge in [0.2, 0.25) is 5.91 Å². The summed E-state index contributed by atoms with van der Waals surface area (Å²) in [5.74, 6) is -0.00867. The molecular weight excluding hydrogens is 244 g/mol. The van der Waals surface area contributed by atoms with Crippen molar-refractivity contribution in [1.82, 2.24) is 4.90 Å². The van der Waals surface area contributed by atoms with Gasteiger partial charge < -0.3 is 10.5 Å². The third kappa shape index (κ3) is 2.28. The molecule has 5 nitrogen and oxygen atoms in total. The van der Waals surface area contributed by atoms with E-state index in [4.69, 9.17) is 10.5 Å². The van der Waals surface area contributed by atoms with E-state index in [1.54, 1.807) is 0 Å². The van der Waals surface area contributed by atoms with Crippen molar-refractivity contribution in [3.63, 3.8) is 0 Å². The van der Waals surface area contributed by atoms with Gasteiger partial charge >= 0.3 is 6.09 Å². The van der Waals surface area contributed by atoms with Crippen molar-refractivity contribution in [1.29, 1.82) is 0 Å². The predicted octanol–water partition coefficient (Wildman–Crippen LogP) is 1.27. The molecule has 0 aromatic heterocycles. The van der Waals surface area contributed by atoms with Crippen LogP contribution in [0.25, 0.3) is 0 Å². The van der Waals surface area contributed by atoms with Gasteiger partial charge in [0.15, 0.2) is 0 Å². The molecule has 1 aromatic carbocycles. The van der Waals surface area contributed by atoms with E-state index in [1.807, 2.05) is 30.3 Å². The van der Waals surface area contributed by atoms with Gasteiger partial charge in [0, 0.05) is 6.04 Å². The van der Waals surface area contributed by atoms with Crippen molar-refractivity contribution >= 4 is 12.0 Å². The summed E-state index contributed by atoms with van der Waals surface area (Å²) in [6, 6.07) is 9.13.